The highest BCUT2D eigenvalue weighted by Crippen LogP contribution is 2.25. The second-order valence-electron chi connectivity index (χ2n) is 5.20. The molecule has 0 radical (unpaired) electrons. The van der Waals surface area contributed by atoms with Gasteiger partial charge in [0, 0.05) is 13.1 Å². The zero-order valence-corrected chi connectivity index (χ0v) is 11.3. The minimum absolute atomic E-state index is 0.733. The fourth-order valence-electron chi connectivity index (χ4n) is 2.80. The van der Waals surface area contributed by atoms with E-state index in [0.717, 1.165) is 36.6 Å². The minimum Gasteiger partial charge on any atom is -0.397 e. The van der Waals surface area contributed by atoms with Gasteiger partial charge in [0.1, 0.15) is 5.82 Å². The lowest BCUT2D eigenvalue weighted by Crippen LogP contribution is -2.24. The summed E-state index contributed by atoms with van der Waals surface area (Å²) in [5.41, 5.74) is 10.6. The summed E-state index contributed by atoms with van der Waals surface area (Å²) in [5, 5.41) is 0. The number of aryl methyl sites for hydroxylation is 2. The van der Waals surface area contributed by atoms with Crippen molar-refractivity contribution in [3.63, 3.8) is 0 Å². The fourth-order valence-corrected chi connectivity index (χ4v) is 2.80. The van der Waals surface area contributed by atoms with Crippen LogP contribution in [0.1, 0.15) is 23.1 Å². The molecule has 3 heteroatoms. The molecule has 0 fully saturated rings. The van der Waals surface area contributed by atoms with Crippen LogP contribution in [0.4, 0.5) is 11.5 Å². The number of hydrogen-bond donors (Lipinski definition) is 1. The molecule has 19 heavy (non-hydrogen) atoms. The number of nitrogen functional groups attached to an aromatic ring is 1. The highest BCUT2D eigenvalue weighted by molar-refractivity contribution is 5.53. The van der Waals surface area contributed by atoms with E-state index in [4.69, 9.17) is 5.73 Å². The molecule has 0 bridgehead atoms. The zero-order valence-electron chi connectivity index (χ0n) is 11.3. The Hall–Kier alpha value is -2.03. The van der Waals surface area contributed by atoms with E-state index in [9.17, 15) is 0 Å². The molecule has 1 aromatic carbocycles. The van der Waals surface area contributed by atoms with Crippen molar-refractivity contribution >= 4 is 11.5 Å². The Morgan fingerprint density at radius 2 is 2.00 bits per heavy atom. The molecule has 1 aliphatic heterocycles. The summed E-state index contributed by atoms with van der Waals surface area (Å²) in [5.74, 6) is 1.06. The van der Waals surface area contributed by atoms with Gasteiger partial charge in [-0.25, -0.2) is 4.98 Å². The number of benzene rings is 1. The van der Waals surface area contributed by atoms with Gasteiger partial charge < -0.3 is 10.6 Å². The summed E-state index contributed by atoms with van der Waals surface area (Å²) in [6.07, 6.45) is 4.07. The quantitative estimate of drug-likeness (QED) is 0.849. The second kappa shape index (κ2) is 4.92. The summed E-state index contributed by atoms with van der Waals surface area (Å²) >= 11 is 0. The van der Waals surface area contributed by atoms with E-state index < -0.39 is 0 Å². The van der Waals surface area contributed by atoms with Crippen molar-refractivity contribution in [1.29, 1.82) is 0 Å². The number of pyridine rings is 1. The van der Waals surface area contributed by atoms with Gasteiger partial charge in [-0.2, -0.15) is 0 Å². The predicted octanol–water partition coefficient (Wildman–Crippen LogP) is 2.93. The number of nitrogens with zero attached hydrogens (tertiary/aromatic N) is 2. The van der Waals surface area contributed by atoms with Crippen LogP contribution < -0.4 is 10.6 Å². The topological polar surface area (TPSA) is 42.1 Å². The first kappa shape index (κ1) is 12.0. The molecule has 3 nitrogen and oxygen atoms in total. The molecule has 98 valence electrons. The summed E-state index contributed by atoms with van der Waals surface area (Å²) in [6.45, 7) is 4.07. The molecule has 1 aromatic heterocycles. The Labute approximate surface area is 114 Å². The average molecular weight is 253 g/mol. The van der Waals surface area contributed by atoms with Crippen molar-refractivity contribution in [2.24, 2.45) is 0 Å². The highest BCUT2D eigenvalue weighted by Gasteiger charge is 2.16. The first-order chi connectivity index (χ1) is 9.24. The van der Waals surface area contributed by atoms with Crippen molar-refractivity contribution in [2.45, 2.75) is 26.3 Å². The Kier molecular flexibility index (Phi) is 3.11. The van der Waals surface area contributed by atoms with Crippen LogP contribution in [0, 0.1) is 6.92 Å². The third-order valence-electron chi connectivity index (χ3n) is 3.73. The van der Waals surface area contributed by atoms with E-state index in [1.165, 1.54) is 17.5 Å². The predicted molar refractivity (Wildman–Crippen MR) is 79.2 cm³/mol. The van der Waals surface area contributed by atoms with Crippen LogP contribution in [0.5, 0.6) is 0 Å². The molecule has 0 spiro atoms. The lowest BCUT2D eigenvalue weighted by Gasteiger charge is -2.23. The number of hydrogen-bond acceptors (Lipinski definition) is 3. The number of fused-ring (bicyclic) bond motifs is 1. The van der Waals surface area contributed by atoms with E-state index in [-0.39, 0.29) is 0 Å². The van der Waals surface area contributed by atoms with Crippen LogP contribution in [0.3, 0.4) is 0 Å². The van der Waals surface area contributed by atoms with E-state index in [1.54, 1.807) is 6.20 Å². The van der Waals surface area contributed by atoms with Crippen molar-refractivity contribution in [2.75, 3.05) is 17.2 Å². The molecule has 2 heterocycles. The molecule has 0 unspecified atom stereocenters. The van der Waals surface area contributed by atoms with E-state index >= 15 is 0 Å². The van der Waals surface area contributed by atoms with Crippen LogP contribution in [0.2, 0.25) is 0 Å². The molecule has 0 saturated carbocycles. The summed E-state index contributed by atoms with van der Waals surface area (Å²) in [4.78, 5) is 6.88. The Balaban J connectivity index is 1.94. The monoisotopic (exact) mass is 253 g/mol. The fraction of sp³-hybridized carbons (Fsp3) is 0.312. The zero-order chi connectivity index (χ0) is 13.2. The Morgan fingerprint density at radius 3 is 2.79 bits per heavy atom. The Morgan fingerprint density at radius 1 is 1.21 bits per heavy atom. The lowest BCUT2D eigenvalue weighted by atomic mass is 10.0. The SMILES string of the molecule is Cc1cc(N)cnc1N1CCCc2ccccc2C1. The minimum atomic E-state index is 0.733. The molecule has 0 amide bonds. The van der Waals surface area contributed by atoms with Gasteiger partial charge in [0.05, 0.1) is 11.9 Å². The summed E-state index contributed by atoms with van der Waals surface area (Å²) in [7, 11) is 0. The van der Waals surface area contributed by atoms with Crippen molar-refractivity contribution in [1.82, 2.24) is 4.98 Å². The van der Waals surface area contributed by atoms with Crippen molar-refractivity contribution in [3.05, 3.63) is 53.2 Å². The third-order valence-corrected chi connectivity index (χ3v) is 3.73. The highest BCUT2D eigenvalue weighted by atomic mass is 15.2. The number of aromatic nitrogens is 1. The van der Waals surface area contributed by atoms with Crippen LogP contribution in [-0.2, 0) is 13.0 Å². The van der Waals surface area contributed by atoms with Crippen LogP contribution >= 0.6 is 0 Å². The smallest absolute Gasteiger partial charge is 0.131 e. The normalized spacial score (nSPS) is 14.9. The lowest BCUT2D eigenvalue weighted by molar-refractivity contribution is 0.752. The molecule has 0 saturated heterocycles. The van der Waals surface area contributed by atoms with Gasteiger partial charge in [-0.15, -0.1) is 0 Å². The van der Waals surface area contributed by atoms with Crippen molar-refractivity contribution < 1.29 is 0 Å². The molecule has 2 N–H and O–H groups in total. The maximum Gasteiger partial charge on any atom is 0.131 e. The number of anilines is 2. The third kappa shape index (κ3) is 2.41. The first-order valence-electron chi connectivity index (χ1n) is 6.78. The Bertz CT molecular complexity index is 592. The molecule has 3 rings (SSSR count). The van der Waals surface area contributed by atoms with E-state index in [1.807, 2.05) is 6.07 Å². The van der Waals surface area contributed by atoms with Gasteiger partial charge in [0.15, 0.2) is 0 Å². The maximum atomic E-state index is 5.78. The van der Waals surface area contributed by atoms with Crippen LogP contribution in [0.25, 0.3) is 0 Å². The molecule has 2 aromatic rings. The molecule has 0 aliphatic carbocycles. The van der Waals surface area contributed by atoms with Gasteiger partial charge in [0.2, 0.25) is 0 Å². The molecule has 0 atom stereocenters. The maximum absolute atomic E-state index is 5.78. The number of rotatable bonds is 1. The molecule has 1 aliphatic rings. The van der Waals surface area contributed by atoms with Gasteiger partial charge in [-0.05, 0) is 42.5 Å². The summed E-state index contributed by atoms with van der Waals surface area (Å²) in [6, 6.07) is 10.7. The average Bonchev–Trinajstić information content (AvgIpc) is 2.60. The first-order valence-corrected chi connectivity index (χ1v) is 6.78. The van der Waals surface area contributed by atoms with Crippen LogP contribution in [-0.4, -0.2) is 11.5 Å². The second-order valence-corrected chi connectivity index (χ2v) is 5.20. The van der Waals surface area contributed by atoms with E-state index in [0.29, 0.717) is 0 Å². The van der Waals surface area contributed by atoms with Crippen LogP contribution in [0.15, 0.2) is 36.5 Å². The summed E-state index contributed by atoms with van der Waals surface area (Å²) < 4.78 is 0. The largest absolute Gasteiger partial charge is 0.397 e. The van der Waals surface area contributed by atoms with Gasteiger partial charge >= 0.3 is 0 Å². The van der Waals surface area contributed by atoms with Gasteiger partial charge in [-0.1, -0.05) is 24.3 Å². The molecular weight excluding hydrogens is 234 g/mol. The number of nitrogens with two attached hydrogens (primary N) is 1. The molecular formula is C16H19N3. The van der Waals surface area contributed by atoms with E-state index in [2.05, 4.69) is 41.1 Å². The van der Waals surface area contributed by atoms with Crippen molar-refractivity contribution in [3.8, 4) is 0 Å². The van der Waals surface area contributed by atoms with Gasteiger partial charge in [0.25, 0.3) is 0 Å². The standard InChI is InChI=1S/C16H19N3/c1-12-9-15(17)10-18-16(12)19-8-4-7-13-5-2-3-6-14(13)11-19/h2-3,5-6,9-10H,4,7-8,11,17H2,1H3. The van der Waals surface area contributed by atoms with Gasteiger partial charge in [-0.3, -0.25) is 0 Å².